The molecule has 0 atom stereocenters. The molecule has 1 aromatic carbocycles. The lowest BCUT2D eigenvalue weighted by Crippen LogP contribution is -2.43. The molecule has 5 heteroatoms. The van der Waals surface area contributed by atoms with Crippen molar-refractivity contribution in [2.45, 2.75) is 24.8 Å². The summed E-state index contributed by atoms with van der Waals surface area (Å²) in [6.07, 6.45) is 7.99. The van der Waals surface area contributed by atoms with Gasteiger partial charge in [0.15, 0.2) is 0 Å². The number of allylic oxidation sites excluding steroid dienone is 1. The zero-order valence-electron chi connectivity index (χ0n) is 15.3. The summed E-state index contributed by atoms with van der Waals surface area (Å²) >= 11 is 0. The van der Waals surface area contributed by atoms with Gasteiger partial charge in [-0.15, -0.1) is 0 Å². The fraction of sp³-hybridized carbons (Fsp3) is 0.174. The Labute approximate surface area is 162 Å². The number of halogens is 1. The smallest absolute Gasteiger partial charge is 0.147 e. The molecule has 5 rings (SSSR count). The average Bonchev–Trinajstić information content (AvgIpc) is 3.06. The van der Waals surface area contributed by atoms with Gasteiger partial charge in [0.05, 0.1) is 28.8 Å². The van der Waals surface area contributed by atoms with Crippen molar-refractivity contribution in [3.05, 3.63) is 78.5 Å². The molecule has 4 nitrogen and oxygen atoms in total. The number of fused-ring (bicyclic) bond motifs is 1. The third-order valence-electron chi connectivity index (χ3n) is 5.56. The fourth-order valence-electron chi connectivity index (χ4n) is 3.89. The van der Waals surface area contributed by atoms with Gasteiger partial charge in [-0.05, 0) is 61.2 Å². The Bertz CT molecular complexity index is 1100. The molecule has 3 heterocycles. The van der Waals surface area contributed by atoms with Crippen LogP contribution >= 0.6 is 0 Å². The molecule has 1 saturated carbocycles. The van der Waals surface area contributed by atoms with Gasteiger partial charge in [-0.3, -0.25) is 15.0 Å². The molecule has 0 bridgehead atoms. The highest BCUT2D eigenvalue weighted by atomic mass is 19.1. The molecule has 1 aliphatic carbocycles. The number of hydrogen-bond acceptors (Lipinski definition) is 4. The first-order valence-electron chi connectivity index (χ1n) is 9.38. The minimum atomic E-state index is -0.447. The van der Waals surface area contributed by atoms with Crippen molar-refractivity contribution in [2.24, 2.45) is 4.99 Å². The number of anilines is 1. The summed E-state index contributed by atoms with van der Waals surface area (Å²) in [6, 6.07) is 13.1. The van der Waals surface area contributed by atoms with Crippen molar-refractivity contribution < 1.29 is 4.39 Å². The molecule has 1 aliphatic heterocycles. The summed E-state index contributed by atoms with van der Waals surface area (Å²) in [5, 5.41) is 3.48. The van der Waals surface area contributed by atoms with Crippen molar-refractivity contribution in [1.29, 1.82) is 0 Å². The van der Waals surface area contributed by atoms with Gasteiger partial charge in [0, 0.05) is 23.5 Å². The Kier molecular flexibility index (Phi) is 3.83. The van der Waals surface area contributed by atoms with Crippen LogP contribution in [-0.2, 0) is 5.54 Å². The Morgan fingerprint density at radius 1 is 1.07 bits per heavy atom. The van der Waals surface area contributed by atoms with Crippen LogP contribution < -0.4 is 5.32 Å². The fourth-order valence-corrected chi connectivity index (χ4v) is 3.89. The molecule has 2 aromatic heterocycles. The van der Waals surface area contributed by atoms with Crippen LogP contribution in [0, 0.1) is 5.82 Å². The number of pyridine rings is 2. The second kappa shape index (κ2) is 6.37. The van der Waals surface area contributed by atoms with Crippen molar-refractivity contribution in [3.63, 3.8) is 0 Å². The largest absolute Gasteiger partial charge is 0.373 e. The van der Waals surface area contributed by atoms with E-state index in [-0.39, 0.29) is 5.82 Å². The minimum Gasteiger partial charge on any atom is -0.373 e. The predicted molar refractivity (Wildman–Crippen MR) is 110 cm³/mol. The average molecular weight is 370 g/mol. The standard InChI is InChI=1S/C23H19FN4/c1-15-13-26-21-7-5-16(12-18(15)21)20-8-6-17(14-27-20)28-23(9-3-10-23)22-19(24)4-2-11-25-22/h2,4-8,11-14,28H,1,3,9-10H2. The molecule has 0 radical (unpaired) electrons. The van der Waals surface area contributed by atoms with Gasteiger partial charge in [-0.25, -0.2) is 4.39 Å². The van der Waals surface area contributed by atoms with E-state index in [0.29, 0.717) is 5.69 Å². The number of aromatic nitrogens is 2. The molecular weight excluding hydrogens is 351 g/mol. The number of nitrogens with zero attached hydrogens (tertiary/aromatic N) is 3. The molecular formula is C23H19FN4. The van der Waals surface area contributed by atoms with Gasteiger partial charge < -0.3 is 5.32 Å². The third-order valence-corrected chi connectivity index (χ3v) is 5.56. The van der Waals surface area contributed by atoms with Crippen LogP contribution in [0.4, 0.5) is 15.8 Å². The third kappa shape index (κ3) is 2.71. The molecule has 3 aromatic rings. The highest BCUT2D eigenvalue weighted by molar-refractivity contribution is 6.15. The normalized spacial score (nSPS) is 16.5. The van der Waals surface area contributed by atoms with Gasteiger partial charge in [-0.2, -0.15) is 0 Å². The monoisotopic (exact) mass is 370 g/mol. The first-order chi connectivity index (χ1) is 13.6. The van der Waals surface area contributed by atoms with Gasteiger partial charge in [0.2, 0.25) is 0 Å². The maximum absolute atomic E-state index is 14.3. The molecule has 0 unspecified atom stereocenters. The van der Waals surface area contributed by atoms with E-state index in [1.165, 1.54) is 6.07 Å². The second-order valence-corrected chi connectivity index (χ2v) is 7.34. The molecule has 0 amide bonds. The first kappa shape index (κ1) is 16.8. The van der Waals surface area contributed by atoms with Crippen LogP contribution in [0.3, 0.4) is 0 Å². The lowest BCUT2D eigenvalue weighted by molar-refractivity contribution is 0.266. The van der Waals surface area contributed by atoms with Crippen LogP contribution in [0.5, 0.6) is 0 Å². The summed E-state index contributed by atoms with van der Waals surface area (Å²) in [6.45, 7) is 4.02. The van der Waals surface area contributed by atoms with Crippen LogP contribution in [0.15, 0.2) is 66.4 Å². The van der Waals surface area contributed by atoms with Crippen molar-refractivity contribution in [1.82, 2.24) is 9.97 Å². The summed E-state index contributed by atoms with van der Waals surface area (Å²) in [4.78, 5) is 13.2. The summed E-state index contributed by atoms with van der Waals surface area (Å²) in [7, 11) is 0. The van der Waals surface area contributed by atoms with E-state index in [9.17, 15) is 4.39 Å². The van der Waals surface area contributed by atoms with E-state index in [0.717, 1.165) is 53.0 Å². The van der Waals surface area contributed by atoms with E-state index in [2.05, 4.69) is 32.9 Å². The Hall–Kier alpha value is -3.34. The van der Waals surface area contributed by atoms with E-state index in [4.69, 9.17) is 0 Å². The van der Waals surface area contributed by atoms with E-state index in [1.54, 1.807) is 24.7 Å². The predicted octanol–water partition coefficient (Wildman–Crippen LogP) is 5.50. The molecule has 1 N–H and O–H groups in total. The van der Waals surface area contributed by atoms with E-state index >= 15 is 0 Å². The summed E-state index contributed by atoms with van der Waals surface area (Å²) in [5.74, 6) is -0.264. The Morgan fingerprint density at radius 3 is 2.68 bits per heavy atom. The highest BCUT2D eigenvalue weighted by Crippen LogP contribution is 2.44. The highest BCUT2D eigenvalue weighted by Gasteiger charge is 2.42. The Morgan fingerprint density at radius 2 is 1.96 bits per heavy atom. The topological polar surface area (TPSA) is 50.2 Å². The zero-order valence-corrected chi connectivity index (χ0v) is 15.3. The van der Waals surface area contributed by atoms with Crippen molar-refractivity contribution in [2.75, 3.05) is 5.32 Å². The van der Waals surface area contributed by atoms with E-state index in [1.807, 2.05) is 24.3 Å². The SMILES string of the molecule is C=C1C=Nc2ccc(-c3ccc(NC4(c5ncccc5F)CCC4)cn3)cc21. The van der Waals surface area contributed by atoms with Gasteiger partial charge in [0.25, 0.3) is 0 Å². The first-order valence-corrected chi connectivity index (χ1v) is 9.38. The van der Waals surface area contributed by atoms with Crippen molar-refractivity contribution >= 4 is 23.2 Å². The maximum Gasteiger partial charge on any atom is 0.147 e. The van der Waals surface area contributed by atoms with Gasteiger partial charge >= 0.3 is 0 Å². The molecule has 0 spiro atoms. The Balaban J connectivity index is 1.41. The molecule has 0 saturated heterocycles. The molecule has 1 fully saturated rings. The van der Waals surface area contributed by atoms with Crippen LogP contribution in [0.25, 0.3) is 16.8 Å². The molecule has 138 valence electrons. The van der Waals surface area contributed by atoms with Gasteiger partial charge in [0.1, 0.15) is 11.5 Å². The zero-order chi connectivity index (χ0) is 19.1. The molecule has 28 heavy (non-hydrogen) atoms. The number of aliphatic imine (C=N–C) groups is 1. The lowest BCUT2D eigenvalue weighted by atomic mass is 9.73. The lowest BCUT2D eigenvalue weighted by Gasteiger charge is -2.42. The minimum absolute atomic E-state index is 0.264. The quantitative estimate of drug-likeness (QED) is 0.659. The van der Waals surface area contributed by atoms with Gasteiger partial charge in [-0.1, -0.05) is 12.6 Å². The maximum atomic E-state index is 14.3. The summed E-state index contributed by atoms with van der Waals surface area (Å²) < 4.78 is 14.3. The van der Waals surface area contributed by atoms with Crippen LogP contribution in [0.1, 0.15) is 30.5 Å². The van der Waals surface area contributed by atoms with E-state index < -0.39 is 5.54 Å². The number of nitrogens with one attached hydrogen (secondary N) is 1. The van der Waals surface area contributed by atoms with Crippen LogP contribution in [0.2, 0.25) is 0 Å². The van der Waals surface area contributed by atoms with Crippen LogP contribution in [-0.4, -0.2) is 16.2 Å². The summed E-state index contributed by atoms with van der Waals surface area (Å²) in [5.41, 5.74) is 5.70. The number of rotatable bonds is 4. The second-order valence-electron chi connectivity index (χ2n) is 7.34. The number of benzene rings is 1. The molecule has 2 aliphatic rings. The number of hydrogen-bond donors (Lipinski definition) is 1. The van der Waals surface area contributed by atoms with Crippen molar-refractivity contribution in [3.8, 4) is 11.3 Å².